The van der Waals surface area contributed by atoms with Crippen molar-refractivity contribution < 1.29 is 19.1 Å². The van der Waals surface area contributed by atoms with E-state index in [0.29, 0.717) is 18.8 Å². The van der Waals surface area contributed by atoms with Crippen molar-refractivity contribution in [2.75, 3.05) is 20.3 Å². The second-order valence-corrected chi connectivity index (χ2v) is 5.40. The van der Waals surface area contributed by atoms with Gasteiger partial charge in [0.1, 0.15) is 12.4 Å². The van der Waals surface area contributed by atoms with Gasteiger partial charge in [0.2, 0.25) is 0 Å². The topological polar surface area (TPSA) is 57.1 Å². The molecule has 2 aromatic carbocycles. The summed E-state index contributed by atoms with van der Waals surface area (Å²) in [6.45, 7) is 0.734. The molecule has 0 aliphatic rings. The van der Waals surface area contributed by atoms with Crippen LogP contribution in [0.4, 0.5) is 0 Å². The SMILES string of the molecule is COC(=O)c1ccc(C=NOCCOc2cccc(Br)c2)cc1. The predicted octanol–water partition coefficient (Wildman–Crippen LogP) is 3.67. The summed E-state index contributed by atoms with van der Waals surface area (Å²) in [6, 6.07) is 14.4. The Balaban J connectivity index is 1.71. The van der Waals surface area contributed by atoms with Crippen LogP contribution in [-0.2, 0) is 9.57 Å². The highest BCUT2D eigenvalue weighted by atomic mass is 79.9. The number of hydrogen-bond donors (Lipinski definition) is 0. The van der Waals surface area contributed by atoms with E-state index in [1.54, 1.807) is 30.5 Å². The fourth-order valence-corrected chi connectivity index (χ4v) is 2.11. The van der Waals surface area contributed by atoms with Gasteiger partial charge < -0.3 is 14.3 Å². The Morgan fingerprint density at radius 1 is 1.17 bits per heavy atom. The van der Waals surface area contributed by atoms with E-state index in [-0.39, 0.29) is 5.97 Å². The van der Waals surface area contributed by atoms with Crippen LogP contribution in [0.5, 0.6) is 5.75 Å². The molecule has 0 fully saturated rings. The van der Waals surface area contributed by atoms with E-state index in [0.717, 1.165) is 15.8 Å². The molecule has 0 aliphatic heterocycles. The first kappa shape index (κ1) is 17.0. The summed E-state index contributed by atoms with van der Waals surface area (Å²) in [4.78, 5) is 16.4. The third-order valence-corrected chi connectivity index (χ3v) is 3.34. The van der Waals surface area contributed by atoms with Crippen LogP contribution in [0.2, 0.25) is 0 Å². The summed E-state index contributed by atoms with van der Waals surface area (Å²) in [5.74, 6) is 0.403. The number of methoxy groups -OCH3 is 1. The lowest BCUT2D eigenvalue weighted by atomic mass is 10.1. The molecule has 0 heterocycles. The van der Waals surface area contributed by atoms with E-state index in [2.05, 4.69) is 25.8 Å². The third kappa shape index (κ3) is 5.75. The van der Waals surface area contributed by atoms with Gasteiger partial charge in [-0.15, -0.1) is 0 Å². The number of carbonyl (C=O) groups is 1. The molecule has 5 nitrogen and oxygen atoms in total. The number of nitrogens with zero attached hydrogens (tertiary/aromatic N) is 1. The van der Waals surface area contributed by atoms with Crippen LogP contribution in [-0.4, -0.2) is 32.5 Å². The highest BCUT2D eigenvalue weighted by molar-refractivity contribution is 9.10. The highest BCUT2D eigenvalue weighted by Crippen LogP contribution is 2.17. The minimum Gasteiger partial charge on any atom is -0.490 e. The Kier molecular flexibility index (Phi) is 6.62. The second kappa shape index (κ2) is 8.95. The Bertz CT molecular complexity index is 671. The lowest BCUT2D eigenvalue weighted by molar-refractivity contribution is 0.0600. The maximum absolute atomic E-state index is 11.3. The van der Waals surface area contributed by atoms with Crippen LogP contribution in [0.1, 0.15) is 15.9 Å². The van der Waals surface area contributed by atoms with Gasteiger partial charge in [0.25, 0.3) is 0 Å². The van der Waals surface area contributed by atoms with Crippen molar-refractivity contribution >= 4 is 28.1 Å². The highest BCUT2D eigenvalue weighted by Gasteiger charge is 2.03. The fraction of sp³-hybridized carbons (Fsp3) is 0.176. The van der Waals surface area contributed by atoms with Crippen LogP contribution in [0.25, 0.3) is 0 Å². The average Bonchev–Trinajstić information content (AvgIpc) is 2.58. The van der Waals surface area contributed by atoms with Crippen LogP contribution in [0, 0.1) is 0 Å². The molecule has 0 spiro atoms. The Hall–Kier alpha value is -2.34. The number of hydrogen-bond acceptors (Lipinski definition) is 5. The molecule has 6 heteroatoms. The van der Waals surface area contributed by atoms with E-state index in [1.807, 2.05) is 24.3 Å². The lowest BCUT2D eigenvalue weighted by Gasteiger charge is -2.05. The number of benzene rings is 2. The molecule has 0 amide bonds. The van der Waals surface area contributed by atoms with Crippen molar-refractivity contribution in [2.24, 2.45) is 5.16 Å². The number of rotatable bonds is 7. The molecule has 0 radical (unpaired) electrons. The first-order chi connectivity index (χ1) is 11.2. The minimum atomic E-state index is -0.366. The molecular weight excluding hydrogens is 362 g/mol. The second-order valence-electron chi connectivity index (χ2n) is 4.49. The van der Waals surface area contributed by atoms with Crippen molar-refractivity contribution in [1.29, 1.82) is 0 Å². The monoisotopic (exact) mass is 377 g/mol. The van der Waals surface area contributed by atoms with Gasteiger partial charge >= 0.3 is 5.97 Å². The molecular formula is C17H16BrNO4. The van der Waals surface area contributed by atoms with Gasteiger partial charge in [-0.25, -0.2) is 4.79 Å². The zero-order valence-electron chi connectivity index (χ0n) is 12.6. The number of carbonyl (C=O) groups excluding carboxylic acids is 1. The van der Waals surface area contributed by atoms with Gasteiger partial charge in [-0.1, -0.05) is 39.3 Å². The standard InChI is InChI=1S/C17H16BrNO4/c1-21-17(20)14-7-5-13(6-8-14)12-19-23-10-9-22-16-4-2-3-15(18)11-16/h2-8,11-12H,9-10H2,1H3. The average molecular weight is 378 g/mol. The van der Waals surface area contributed by atoms with Crippen molar-refractivity contribution in [2.45, 2.75) is 0 Å². The summed E-state index contributed by atoms with van der Waals surface area (Å²) in [7, 11) is 1.35. The van der Waals surface area contributed by atoms with Crippen LogP contribution < -0.4 is 4.74 Å². The van der Waals surface area contributed by atoms with E-state index < -0.39 is 0 Å². The Morgan fingerprint density at radius 3 is 2.65 bits per heavy atom. The molecule has 2 aromatic rings. The molecule has 0 bridgehead atoms. The van der Waals surface area contributed by atoms with E-state index in [4.69, 9.17) is 9.57 Å². The van der Waals surface area contributed by atoms with Crippen molar-refractivity contribution in [3.63, 3.8) is 0 Å². The van der Waals surface area contributed by atoms with Gasteiger partial charge in [0, 0.05) is 4.47 Å². The largest absolute Gasteiger partial charge is 0.490 e. The maximum Gasteiger partial charge on any atom is 0.337 e. The maximum atomic E-state index is 11.3. The molecule has 23 heavy (non-hydrogen) atoms. The van der Waals surface area contributed by atoms with E-state index in [1.165, 1.54) is 7.11 Å². The van der Waals surface area contributed by atoms with Gasteiger partial charge in [0.05, 0.1) is 18.9 Å². The molecule has 2 rings (SSSR count). The zero-order chi connectivity index (χ0) is 16.5. The summed E-state index contributed by atoms with van der Waals surface area (Å²) < 4.78 is 11.1. The van der Waals surface area contributed by atoms with E-state index >= 15 is 0 Å². The Labute approximate surface area is 143 Å². The third-order valence-electron chi connectivity index (χ3n) is 2.85. The van der Waals surface area contributed by atoms with Crippen molar-refractivity contribution in [1.82, 2.24) is 0 Å². The molecule has 0 N–H and O–H groups in total. The molecule has 0 aromatic heterocycles. The van der Waals surface area contributed by atoms with Crippen molar-refractivity contribution in [3.05, 3.63) is 64.1 Å². The van der Waals surface area contributed by atoms with Gasteiger partial charge in [0.15, 0.2) is 6.61 Å². The molecule has 0 unspecified atom stereocenters. The molecule has 0 aliphatic carbocycles. The first-order valence-corrected chi connectivity index (χ1v) is 7.70. The first-order valence-electron chi connectivity index (χ1n) is 6.91. The van der Waals surface area contributed by atoms with Gasteiger partial charge in [-0.2, -0.15) is 0 Å². The Morgan fingerprint density at radius 2 is 1.96 bits per heavy atom. The molecule has 120 valence electrons. The van der Waals surface area contributed by atoms with Crippen LogP contribution >= 0.6 is 15.9 Å². The summed E-state index contributed by atoms with van der Waals surface area (Å²) in [5, 5.41) is 3.85. The van der Waals surface area contributed by atoms with Crippen molar-refractivity contribution in [3.8, 4) is 5.75 Å². The summed E-state index contributed by atoms with van der Waals surface area (Å²) in [5.41, 5.74) is 1.32. The smallest absolute Gasteiger partial charge is 0.337 e. The number of oxime groups is 1. The lowest BCUT2D eigenvalue weighted by Crippen LogP contribution is -2.04. The van der Waals surface area contributed by atoms with Gasteiger partial charge in [-0.05, 0) is 35.9 Å². The molecule has 0 atom stereocenters. The minimum absolute atomic E-state index is 0.337. The predicted molar refractivity (Wildman–Crippen MR) is 91.0 cm³/mol. The fourth-order valence-electron chi connectivity index (χ4n) is 1.73. The molecule has 0 saturated heterocycles. The summed E-state index contributed by atoms with van der Waals surface area (Å²) in [6.07, 6.45) is 1.57. The number of esters is 1. The normalized spacial score (nSPS) is 10.5. The van der Waals surface area contributed by atoms with Crippen LogP contribution in [0.3, 0.4) is 0 Å². The molecule has 0 saturated carbocycles. The van der Waals surface area contributed by atoms with E-state index in [9.17, 15) is 4.79 Å². The number of halogens is 1. The zero-order valence-corrected chi connectivity index (χ0v) is 14.2. The van der Waals surface area contributed by atoms with Gasteiger partial charge in [-0.3, -0.25) is 0 Å². The summed E-state index contributed by atoms with van der Waals surface area (Å²) >= 11 is 3.38. The number of ether oxygens (including phenoxy) is 2. The quantitative estimate of drug-likeness (QED) is 0.319. The van der Waals surface area contributed by atoms with Crippen LogP contribution in [0.15, 0.2) is 58.2 Å².